The summed E-state index contributed by atoms with van der Waals surface area (Å²) in [5, 5.41) is 21.8. The SMILES string of the molecule is CC(C)(C)NC[C@H](O)COc1ccc(CCO)cc1. The fourth-order valence-corrected chi connectivity index (χ4v) is 1.56. The van der Waals surface area contributed by atoms with Crippen molar-refractivity contribution in [1.29, 1.82) is 0 Å². The quantitative estimate of drug-likeness (QED) is 0.698. The van der Waals surface area contributed by atoms with Gasteiger partial charge in [-0.05, 0) is 44.9 Å². The molecule has 0 bridgehead atoms. The van der Waals surface area contributed by atoms with E-state index in [2.05, 4.69) is 26.1 Å². The Labute approximate surface area is 115 Å². The van der Waals surface area contributed by atoms with Gasteiger partial charge in [0.25, 0.3) is 0 Å². The molecule has 1 atom stereocenters. The van der Waals surface area contributed by atoms with Gasteiger partial charge in [0, 0.05) is 18.7 Å². The summed E-state index contributed by atoms with van der Waals surface area (Å²) >= 11 is 0. The Morgan fingerprint density at radius 3 is 2.37 bits per heavy atom. The Bertz CT molecular complexity index is 357. The molecule has 4 nitrogen and oxygen atoms in total. The Hall–Kier alpha value is -1.10. The lowest BCUT2D eigenvalue weighted by Gasteiger charge is -2.23. The van der Waals surface area contributed by atoms with E-state index in [0.717, 1.165) is 11.3 Å². The molecule has 0 radical (unpaired) electrons. The van der Waals surface area contributed by atoms with Crippen LogP contribution in [0.5, 0.6) is 5.75 Å². The van der Waals surface area contributed by atoms with Crippen molar-refractivity contribution < 1.29 is 14.9 Å². The minimum Gasteiger partial charge on any atom is -0.491 e. The number of ether oxygens (including phenoxy) is 1. The molecule has 3 N–H and O–H groups in total. The Kier molecular flexibility index (Phi) is 6.28. The van der Waals surface area contributed by atoms with Gasteiger partial charge in [-0.3, -0.25) is 0 Å². The lowest BCUT2D eigenvalue weighted by molar-refractivity contribution is 0.100. The summed E-state index contributed by atoms with van der Waals surface area (Å²) in [6, 6.07) is 7.56. The summed E-state index contributed by atoms with van der Waals surface area (Å²) in [4.78, 5) is 0. The zero-order chi connectivity index (χ0) is 14.3. The lowest BCUT2D eigenvalue weighted by Crippen LogP contribution is -2.42. The highest BCUT2D eigenvalue weighted by molar-refractivity contribution is 5.27. The maximum Gasteiger partial charge on any atom is 0.119 e. The Morgan fingerprint density at radius 1 is 1.21 bits per heavy atom. The van der Waals surface area contributed by atoms with Gasteiger partial charge < -0.3 is 20.3 Å². The first-order chi connectivity index (χ1) is 8.90. The fraction of sp³-hybridized carbons (Fsp3) is 0.600. The van der Waals surface area contributed by atoms with E-state index < -0.39 is 6.10 Å². The number of nitrogens with one attached hydrogen (secondary N) is 1. The molecule has 0 aliphatic rings. The number of hydrogen-bond donors (Lipinski definition) is 3. The second kappa shape index (κ2) is 7.48. The largest absolute Gasteiger partial charge is 0.491 e. The predicted octanol–water partition coefficient (Wildman–Crippen LogP) is 1.35. The van der Waals surface area contributed by atoms with Crippen molar-refractivity contribution in [3.8, 4) is 5.75 Å². The van der Waals surface area contributed by atoms with E-state index >= 15 is 0 Å². The van der Waals surface area contributed by atoms with Crippen LogP contribution in [-0.4, -0.2) is 41.6 Å². The number of aliphatic hydroxyl groups is 2. The van der Waals surface area contributed by atoms with Gasteiger partial charge in [-0.25, -0.2) is 0 Å². The molecule has 0 spiro atoms. The van der Waals surface area contributed by atoms with E-state index in [1.807, 2.05) is 24.3 Å². The first kappa shape index (κ1) is 16.0. The molecule has 1 rings (SSSR count). The van der Waals surface area contributed by atoms with Crippen LogP contribution in [0, 0.1) is 0 Å². The summed E-state index contributed by atoms with van der Waals surface area (Å²) < 4.78 is 5.51. The van der Waals surface area contributed by atoms with Crippen LogP contribution in [-0.2, 0) is 6.42 Å². The van der Waals surface area contributed by atoms with Crippen molar-refractivity contribution >= 4 is 0 Å². The minimum absolute atomic E-state index is 0.00702. The van der Waals surface area contributed by atoms with E-state index in [4.69, 9.17) is 9.84 Å². The highest BCUT2D eigenvalue weighted by Gasteiger charge is 2.12. The van der Waals surface area contributed by atoms with E-state index in [0.29, 0.717) is 13.0 Å². The molecule has 1 aromatic carbocycles. The lowest BCUT2D eigenvalue weighted by atomic mass is 10.1. The van der Waals surface area contributed by atoms with E-state index in [1.165, 1.54) is 0 Å². The minimum atomic E-state index is -0.531. The number of benzene rings is 1. The average Bonchev–Trinajstić information content (AvgIpc) is 2.35. The molecule has 0 aliphatic carbocycles. The van der Waals surface area contributed by atoms with E-state index in [1.54, 1.807) is 0 Å². The van der Waals surface area contributed by atoms with Gasteiger partial charge in [0.05, 0.1) is 0 Å². The van der Waals surface area contributed by atoms with Crippen LogP contribution in [0.4, 0.5) is 0 Å². The zero-order valence-electron chi connectivity index (χ0n) is 12.0. The predicted molar refractivity (Wildman–Crippen MR) is 76.5 cm³/mol. The number of rotatable bonds is 7. The van der Waals surface area contributed by atoms with Gasteiger partial charge in [0.15, 0.2) is 0 Å². The van der Waals surface area contributed by atoms with Crippen LogP contribution in [0.2, 0.25) is 0 Å². The maximum atomic E-state index is 9.79. The van der Waals surface area contributed by atoms with Crippen LogP contribution < -0.4 is 10.1 Å². The molecule has 0 amide bonds. The molecule has 0 aromatic heterocycles. The maximum absolute atomic E-state index is 9.79. The van der Waals surface area contributed by atoms with Crippen molar-refractivity contribution in [2.24, 2.45) is 0 Å². The first-order valence-corrected chi connectivity index (χ1v) is 6.66. The molecule has 1 aromatic rings. The van der Waals surface area contributed by atoms with Gasteiger partial charge in [0.1, 0.15) is 18.5 Å². The molecule has 0 saturated heterocycles. The van der Waals surface area contributed by atoms with Crippen molar-refractivity contribution in [2.45, 2.75) is 38.8 Å². The van der Waals surface area contributed by atoms with Crippen molar-refractivity contribution in [3.05, 3.63) is 29.8 Å². The zero-order valence-corrected chi connectivity index (χ0v) is 12.0. The molecule has 0 aliphatic heterocycles. The molecule has 0 unspecified atom stereocenters. The van der Waals surface area contributed by atoms with Gasteiger partial charge in [-0.15, -0.1) is 0 Å². The summed E-state index contributed by atoms with van der Waals surface area (Å²) in [5.41, 5.74) is 1.07. The number of hydrogen-bond acceptors (Lipinski definition) is 4. The van der Waals surface area contributed by atoms with Crippen molar-refractivity contribution in [2.75, 3.05) is 19.8 Å². The first-order valence-electron chi connectivity index (χ1n) is 6.66. The molecular formula is C15H25NO3. The van der Waals surface area contributed by atoms with Gasteiger partial charge in [0.2, 0.25) is 0 Å². The fourth-order valence-electron chi connectivity index (χ4n) is 1.56. The molecule has 0 saturated carbocycles. The van der Waals surface area contributed by atoms with Gasteiger partial charge >= 0.3 is 0 Å². The number of β-amino-alcohol motifs (C(OH)–C–C–N with tert-alkyl or cyclic N) is 1. The highest BCUT2D eigenvalue weighted by Crippen LogP contribution is 2.12. The topological polar surface area (TPSA) is 61.7 Å². The van der Waals surface area contributed by atoms with Crippen LogP contribution in [0.1, 0.15) is 26.3 Å². The van der Waals surface area contributed by atoms with Gasteiger partial charge in [-0.2, -0.15) is 0 Å². The standard InChI is InChI=1S/C15H25NO3/c1-15(2,3)16-10-13(18)11-19-14-6-4-12(5-7-14)8-9-17/h4-7,13,16-18H,8-11H2,1-3H3/t13-/m0/s1. The van der Waals surface area contributed by atoms with Crippen LogP contribution >= 0.6 is 0 Å². The summed E-state index contributed by atoms with van der Waals surface area (Å²) in [6.45, 7) is 7.09. The summed E-state index contributed by atoms with van der Waals surface area (Å²) in [6.07, 6.45) is 0.120. The molecule has 4 heteroatoms. The molecular weight excluding hydrogens is 242 g/mol. The average molecular weight is 267 g/mol. The number of aliphatic hydroxyl groups excluding tert-OH is 2. The van der Waals surface area contributed by atoms with Crippen molar-refractivity contribution in [1.82, 2.24) is 5.32 Å². The second-order valence-electron chi connectivity index (χ2n) is 5.71. The van der Waals surface area contributed by atoms with Crippen LogP contribution in [0.3, 0.4) is 0 Å². The third-order valence-corrected chi connectivity index (χ3v) is 2.63. The smallest absolute Gasteiger partial charge is 0.119 e. The molecule has 0 fully saturated rings. The normalized spacial score (nSPS) is 13.3. The Morgan fingerprint density at radius 2 is 1.84 bits per heavy atom. The monoisotopic (exact) mass is 267 g/mol. The Balaban J connectivity index is 2.31. The summed E-state index contributed by atoms with van der Waals surface area (Å²) in [5.74, 6) is 0.733. The van der Waals surface area contributed by atoms with Gasteiger partial charge in [-0.1, -0.05) is 12.1 Å². The van der Waals surface area contributed by atoms with E-state index in [-0.39, 0.29) is 18.8 Å². The summed E-state index contributed by atoms with van der Waals surface area (Å²) in [7, 11) is 0. The van der Waals surface area contributed by atoms with E-state index in [9.17, 15) is 5.11 Å². The van der Waals surface area contributed by atoms with Crippen LogP contribution in [0.15, 0.2) is 24.3 Å². The molecule has 108 valence electrons. The molecule has 0 heterocycles. The van der Waals surface area contributed by atoms with Crippen LogP contribution in [0.25, 0.3) is 0 Å². The second-order valence-corrected chi connectivity index (χ2v) is 5.71. The molecule has 19 heavy (non-hydrogen) atoms. The third kappa shape index (κ3) is 7.15. The highest BCUT2D eigenvalue weighted by atomic mass is 16.5. The third-order valence-electron chi connectivity index (χ3n) is 2.63. The van der Waals surface area contributed by atoms with Crippen molar-refractivity contribution in [3.63, 3.8) is 0 Å².